The van der Waals surface area contributed by atoms with Gasteiger partial charge in [-0.05, 0) is 82.9 Å². The molecule has 0 N–H and O–H groups in total. The van der Waals surface area contributed by atoms with Crippen molar-refractivity contribution in [2.75, 3.05) is 0 Å². The lowest BCUT2D eigenvalue weighted by Crippen LogP contribution is -2.09. The van der Waals surface area contributed by atoms with E-state index in [1.165, 1.54) is 77.2 Å². The molecule has 3 aromatic heterocycles. The molecule has 7 aromatic carbocycles. The summed E-state index contributed by atoms with van der Waals surface area (Å²) in [4.78, 5) is 9.91. The fourth-order valence-corrected chi connectivity index (χ4v) is 8.65. The standard InChI is InChI=1S/C52H36N4/c1-3-12-35(13-4-1)36-22-24-37(25-23-36)47-30-31-53-52(54-47)40-14-11-17-42(32-40)56-49-21-10-8-19-44(49)46-34-39(27-29-51(46)56)38-26-28-50-45(33-38)43-18-7-9-20-48(43)55(50)41-15-5-2-6-16-41/h1-31,33-34,40H,32H2. The second-order valence-electron chi connectivity index (χ2n) is 14.6. The molecule has 10 aromatic rings. The van der Waals surface area contributed by atoms with E-state index >= 15 is 0 Å². The zero-order valence-electron chi connectivity index (χ0n) is 30.6. The van der Waals surface area contributed by atoms with Crippen molar-refractivity contribution in [1.82, 2.24) is 19.1 Å². The normalized spacial score (nSPS) is 14.2. The first-order chi connectivity index (χ1) is 27.8. The Morgan fingerprint density at radius 3 is 1.68 bits per heavy atom. The SMILES string of the molecule is C1=CC(c2nccc(-c3ccc(-c4ccccc4)cc3)n2)CC(n2c3ccccc3c3cc(-c4ccc5c(c4)c4ccccc4n5-c4ccccc4)ccc32)=C1. The van der Waals surface area contributed by atoms with Crippen LogP contribution >= 0.6 is 0 Å². The van der Waals surface area contributed by atoms with Gasteiger partial charge in [0.05, 0.1) is 27.8 Å². The quantitative estimate of drug-likeness (QED) is 0.172. The van der Waals surface area contributed by atoms with Crippen molar-refractivity contribution in [3.05, 3.63) is 206 Å². The molecule has 0 fully saturated rings. The van der Waals surface area contributed by atoms with E-state index in [-0.39, 0.29) is 5.92 Å². The lowest BCUT2D eigenvalue weighted by Gasteiger charge is -2.20. The van der Waals surface area contributed by atoms with Gasteiger partial charge < -0.3 is 9.13 Å². The molecule has 264 valence electrons. The molecule has 0 radical (unpaired) electrons. The minimum absolute atomic E-state index is 0.0544. The zero-order chi connectivity index (χ0) is 37.0. The highest BCUT2D eigenvalue weighted by molar-refractivity contribution is 6.13. The number of aromatic nitrogens is 4. The van der Waals surface area contributed by atoms with Crippen LogP contribution in [0.25, 0.3) is 88.5 Å². The lowest BCUT2D eigenvalue weighted by atomic mass is 9.96. The average Bonchev–Trinajstić information content (AvgIpc) is 3.79. The van der Waals surface area contributed by atoms with Gasteiger partial charge in [0.1, 0.15) is 5.82 Å². The van der Waals surface area contributed by atoms with Crippen LogP contribution in [0.15, 0.2) is 200 Å². The highest BCUT2D eigenvalue weighted by Crippen LogP contribution is 2.40. The van der Waals surface area contributed by atoms with Crippen molar-refractivity contribution in [2.45, 2.75) is 12.3 Å². The summed E-state index contributed by atoms with van der Waals surface area (Å²) in [5.74, 6) is 0.891. The summed E-state index contributed by atoms with van der Waals surface area (Å²) < 4.78 is 4.81. The molecule has 1 atom stereocenters. The minimum Gasteiger partial charge on any atom is -0.313 e. The van der Waals surface area contributed by atoms with Crippen molar-refractivity contribution in [2.24, 2.45) is 0 Å². The summed E-state index contributed by atoms with van der Waals surface area (Å²) in [6, 6.07) is 63.1. The van der Waals surface area contributed by atoms with Crippen LogP contribution in [0, 0.1) is 0 Å². The number of para-hydroxylation sites is 3. The van der Waals surface area contributed by atoms with Gasteiger partial charge in [-0.25, -0.2) is 9.97 Å². The van der Waals surface area contributed by atoms with E-state index < -0.39 is 0 Å². The molecule has 0 saturated carbocycles. The molecule has 1 aliphatic rings. The summed E-state index contributed by atoms with van der Waals surface area (Å²) in [7, 11) is 0. The number of nitrogens with zero attached hydrogens (tertiary/aromatic N) is 4. The molecule has 3 heterocycles. The summed E-state index contributed by atoms with van der Waals surface area (Å²) in [5.41, 5.74) is 14.1. The Labute approximate surface area is 325 Å². The van der Waals surface area contributed by atoms with Crippen LogP contribution in [0.4, 0.5) is 0 Å². The van der Waals surface area contributed by atoms with Gasteiger partial charge in [-0.15, -0.1) is 0 Å². The molecule has 4 nitrogen and oxygen atoms in total. The first-order valence-corrected chi connectivity index (χ1v) is 19.3. The number of hydrogen-bond acceptors (Lipinski definition) is 2. The molecule has 56 heavy (non-hydrogen) atoms. The average molecular weight is 717 g/mol. The highest BCUT2D eigenvalue weighted by atomic mass is 15.0. The topological polar surface area (TPSA) is 35.6 Å². The number of fused-ring (bicyclic) bond motifs is 6. The third kappa shape index (κ3) is 5.38. The van der Waals surface area contributed by atoms with Crippen molar-refractivity contribution in [3.63, 3.8) is 0 Å². The molecular weight excluding hydrogens is 681 g/mol. The predicted molar refractivity (Wildman–Crippen MR) is 233 cm³/mol. The van der Waals surface area contributed by atoms with Crippen molar-refractivity contribution in [1.29, 1.82) is 0 Å². The third-order valence-electron chi connectivity index (χ3n) is 11.3. The number of allylic oxidation sites excluding steroid dienone is 4. The van der Waals surface area contributed by atoms with Crippen LogP contribution in [0.2, 0.25) is 0 Å². The Kier molecular flexibility index (Phi) is 7.59. The molecule has 0 bridgehead atoms. The summed E-state index contributed by atoms with van der Waals surface area (Å²) in [6.07, 6.45) is 9.35. The second kappa shape index (κ2) is 13.2. The Morgan fingerprint density at radius 1 is 0.446 bits per heavy atom. The molecule has 1 aliphatic carbocycles. The van der Waals surface area contributed by atoms with Gasteiger partial charge in [0.25, 0.3) is 0 Å². The van der Waals surface area contributed by atoms with Crippen molar-refractivity contribution < 1.29 is 0 Å². The molecule has 0 amide bonds. The second-order valence-corrected chi connectivity index (χ2v) is 14.6. The van der Waals surface area contributed by atoms with E-state index in [9.17, 15) is 0 Å². The third-order valence-corrected chi connectivity index (χ3v) is 11.3. The van der Waals surface area contributed by atoms with Gasteiger partial charge in [-0.2, -0.15) is 0 Å². The molecule has 11 rings (SSSR count). The van der Waals surface area contributed by atoms with E-state index in [2.05, 4.69) is 191 Å². The van der Waals surface area contributed by atoms with Crippen LogP contribution in [0.5, 0.6) is 0 Å². The highest BCUT2D eigenvalue weighted by Gasteiger charge is 2.22. The number of rotatable bonds is 6. The van der Waals surface area contributed by atoms with Gasteiger partial charge in [-0.1, -0.05) is 133 Å². The maximum Gasteiger partial charge on any atom is 0.136 e. The molecule has 0 spiro atoms. The Bertz CT molecular complexity index is 3150. The Hall–Kier alpha value is -7.30. The van der Waals surface area contributed by atoms with E-state index in [4.69, 9.17) is 9.97 Å². The smallest absolute Gasteiger partial charge is 0.136 e. The summed E-state index contributed by atoms with van der Waals surface area (Å²) in [5, 5.41) is 5.00. The molecule has 0 aliphatic heterocycles. The van der Waals surface area contributed by atoms with Crippen molar-refractivity contribution >= 4 is 49.3 Å². The van der Waals surface area contributed by atoms with Crippen molar-refractivity contribution in [3.8, 4) is 39.2 Å². The van der Waals surface area contributed by atoms with E-state index in [1.807, 2.05) is 18.3 Å². The van der Waals surface area contributed by atoms with Crippen LogP contribution in [0.3, 0.4) is 0 Å². The van der Waals surface area contributed by atoms with E-state index in [1.54, 1.807) is 0 Å². The first kappa shape index (κ1) is 32.2. The van der Waals surface area contributed by atoms with Gasteiger partial charge in [0, 0.05) is 57.0 Å². The summed E-state index contributed by atoms with van der Waals surface area (Å²) >= 11 is 0. The fourth-order valence-electron chi connectivity index (χ4n) is 8.65. The summed E-state index contributed by atoms with van der Waals surface area (Å²) in [6.45, 7) is 0. The minimum atomic E-state index is 0.0544. The Morgan fingerprint density at radius 2 is 0.982 bits per heavy atom. The monoisotopic (exact) mass is 716 g/mol. The number of hydrogen-bond donors (Lipinski definition) is 0. The van der Waals surface area contributed by atoms with Gasteiger partial charge >= 0.3 is 0 Å². The maximum absolute atomic E-state index is 5.11. The van der Waals surface area contributed by atoms with Crippen LogP contribution < -0.4 is 0 Å². The van der Waals surface area contributed by atoms with Gasteiger partial charge in [-0.3, -0.25) is 0 Å². The van der Waals surface area contributed by atoms with Crippen LogP contribution in [-0.2, 0) is 0 Å². The van der Waals surface area contributed by atoms with E-state index in [0.717, 1.165) is 23.5 Å². The molecule has 1 unspecified atom stereocenters. The molecule has 4 heteroatoms. The number of benzene rings is 7. The lowest BCUT2D eigenvalue weighted by molar-refractivity contribution is 0.766. The zero-order valence-corrected chi connectivity index (χ0v) is 30.6. The fraction of sp³-hybridized carbons (Fsp3) is 0.0385. The van der Waals surface area contributed by atoms with Gasteiger partial charge in [0.15, 0.2) is 0 Å². The van der Waals surface area contributed by atoms with Crippen LogP contribution in [0.1, 0.15) is 18.2 Å². The molecular formula is C52H36N4. The predicted octanol–water partition coefficient (Wildman–Crippen LogP) is 13.3. The van der Waals surface area contributed by atoms with Crippen LogP contribution in [-0.4, -0.2) is 19.1 Å². The van der Waals surface area contributed by atoms with E-state index in [0.29, 0.717) is 0 Å². The largest absolute Gasteiger partial charge is 0.313 e. The molecule has 0 saturated heterocycles. The van der Waals surface area contributed by atoms with Gasteiger partial charge in [0.2, 0.25) is 0 Å². The first-order valence-electron chi connectivity index (χ1n) is 19.3. The Balaban J connectivity index is 0.943. The maximum atomic E-state index is 5.11.